The number of halogens is 2. The minimum absolute atomic E-state index is 0. The first-order valence-electron chi connectivity index (χ1n) is 11.5. The summed E-state index contributed by atoms with van der Waals surface area (Å²) in [6, 6.07) is 6.02. The number of Topliss-reactive ketones (excluding diaryl/α,β-unsaturated/α-hetero) is 1. The number of nitrogens with zero attached hydrogens (tertiary/aromatic N) is 1. The molecule has 0 radical (unpaired) electrons. The molecule has 8 nitrogen and oxygen atoms in total. The minimum Gasteiger partial charge on any atom is -0.504 e. The number of ether oxygens (including phenoxy) is 2. The third kappa shape index (κ3) is 6.54. The number of nitrogens with one attached hydrogen (secondary N) is 1. The molecule has 1 heterocycles. The van der Waals surface area contributed by atoms with Gasteiger partial charge in [-0.2, -0.15) is 0 Å². The summed E-state index contributed by atoms with van der Waals surface area (Å²) in [5.41, 5.74) is 6.26. The molecular formula is C26H33BrFN3O5. The van der Waals surface area contributed by atoms with Gasteiger partial charge < -0.3 is 25.2 Å². The van der Waals surface area contributed by atoms with Crippen LogP contribution in [0.15, 0.2) is 24.3 Å². The summed E-state index contributed by atoms with van der Waals surface area (Å²) < 4.78 is 25.7. The van der Waals surface area contributed by atoms with E-state index in [1.54, 1.807) is 19.1 Å². The smallest absolute Gasteiger partial charge is 0.217 e. The van der Waals surface area contributed by atoms with Crippen molar-refractivity contribution < 1.29 is 28.6 Å². The zero-order valence-corrected chi connectivity index (χ0v) is 22.7. The van der Waals surface area contributed by atoms with Gasteiger partial charge in [-0.3, -0.25) is 15.0 Å². The lowest BCUT2D eigenvalue weighted by Crippen LogP contribution is -2.30. The Bertz CT molecular complexity index is 1160. The van der Waals surface area contributed by atoms with Gasteiger partial charge in [0.1, 0.15) is 17.4 Å². The molecular weight excluding hydrogens is 533 g/mol. The molecule has 2 aromatic rings. The van der Waals surface area contributed by atoms with Crippen LogP contribution in [0.2, 0.25) is 0 Å². The van der Waals surface area contributed by atoms with Crippen LogP contribution in [0.4, 0.5) is 4.39 Å². The second kappa shape index (κ2) is 11.7. The van der Waals surface area contributed by atoms with E-state index < -0.39 is 17.1 Å². The number of fused-ring (bicyclic) bond motifs is 1. The van der Waals surface area contributed by atoms with Gasteiger partial charge in [0, 0.05) is 30.2 Å². The van der Waals surface area contributed by atoms with Gasteiger partial charge >= 0.3 is 0 Å². The van der Waals surface area contributed by atoms with Crippen molar-refractivity contribution in [2.24, 2.45) is 5.73 Å². The first-order valence-corrected chi connectivity index (χ1v) is 11.5. The summed E-state index contributed by atoms with van der Waals surface area (Å²) in [4.78, 5) is 25.7. The van der Waals surface area contributed by atoms with Crippen molar-refractivity contribution in [3.05, 3.63) is 52.3 Å². The van der Waals surface area contributed by atoms with Gasteiger partial charge in [-0.1, -0.05) is 20.8 Å². The van der Waals surface area contributed by atoms with E-state index in [4.69, 9.17) is 20.6 Å². The highest BCUT2D eigenvalue weighted by Gasteiger charge is 2.31. The Hall–Kier alpha value is -3.14. The Morgan fingerprint density at radius 3 is 2.50 bits per heavy atom. The second-order valence-electron chi connectivity index (χ2n) is 9.54. The topological polar surface area (TPSA) is 126 Å². The van der Waals surface area contributed by atoms with Crippen molar-refractivity contribution in [2.45, 2.75) is 52.5 Å². The third-order valence-corrected chi connectivity index (χ3v) is 5.74. The fraction of sp³-hybridized carbons (Fsp3) is 0.423. The first-order chi connectivity index (χ1) is 16.4. The molecule has 196 valence electrons. The molecule has 1 amide bonds. The number of benzene rings is 2. The number of aromatic hydroxyl groups is 1. The average Bonchev–Trinajstić information content (AvgIpc) is 3.06. The number of hydrogen-bond acceptors (Lipinski definition) is 6. The highest BCUT2D eigenvalue weighted by Crippen LogP contribution is 2.39. The average molecular weight is 566 g/mol. The second-order valence-corrected chi connectivity index (χ2v) is 9.54. The minimum atomic E-state index is -0.558. The zero-order chi connectivity index (χ0) is 25.9. The molecule has 0 saturated carbocycles. The molecule has 10 heteroatoms. The number of hydrogen-bond donors (Lipinski definition) is 3. The molecule has 0 spiro atoms. The lowest BCUT2D eigenvalue weighted by molar-refractivity contribution is -0.118. The summed E-state index contributed by atoms with van der Waals surface area (Å²) >= 11 is 0. The predicted molar refractivity (Wildman–Crippen MR) is 140 cm³/mol. The number of carbonyl (C=O) groups is 2. The number of phenolic OH excluding ortho intramolecular Hbond substituents is 1. The normalized spacial score (nSPS) is 12.7. The van der Waals surface area contributed by atoms with Gasteiger partial charge in [0.05, 0.1) is 25.3 Å². The van der Waals surface area contributed by atoms with Crippen LogP contribution in [-0.4, -0.2) is 47.3 Å². The molecule has 1 aliphatic heterocycles. The van der Waals surface area contributed by atoms with E-state index in [1.165, 1.54) is 17.0 Å². The van der Waals surface area contributed by atoms with E-state index in [2.05, 4.69) is 0 Å². The Balaban J connectivity index is 0.00000456. The fourth-order valence-corrected chi connectivity index (χ4v) is 4.00. The van der Waals surface area contributed by atoms with Gasteiger partial charge in [0.2, 0.25) is 5.91 Å². The molecule has 36 heavy (non-hydrogen) atoms. The largest absolute Gasteiger partial charge is 0.504 e. The molecule has 0 saturated heterocycles. The summed E-state index contributed by atoms with van der Waals surface area (Å²) in [7, 11) is 0. The van der Waals surface area contributed by atoms with Crippen molar-refractivity contribution in [3.63, 3.8) is 0 Å². The van der Waals surface area contributed by atoms with E-state index in [0.29, 0.717) is 35.5 Å². The molecule has 2 aromatic carbocycles. The molecule has 0 atom stereocenters. The maximum Gasteiger partial charge on any atom is 0.217 e. The standard InChI is InChI=1S/C26H32FN3O5.BrH/c1-5-34-17-9-16-13-30(25(29)23(16)19(27)12-17)14-20(31)15-10-18(26(2,3)4)24(33)21(11-15)35-8-6-7-22(28)32;/h9-12,29,33H,5-8,13-14H2,1-4H3,(H2,28,32);1H. The van der Waals surface area contributed by atoms with Crippen LogP contribution in [0.1, 0.15) is 67.6 Å². The Labute approximate surface area is 220 Å². The Kier molecular flexibility index (Phi) is 9.48. The quantitative estimate of drug-likeness (QED) is 0.288. The summed E-state index contributed by atoms with van der Waals surface area (Å²) in [6.45, 7) is 8.10. The van der Waals surface area contributed by atoms with Crippen LogP contribution in [0.25, 0.3) is 0 Å². The number of amides is 1. The van der Waals surface area contributed by atoms with Crippen molar-refractivity contribution in [1.29, 1.82) is 5.41 Å². The van der Waals surface area contributed by atoms with E-state index in [1.807, 2.05) is 20.8 Å². The van der Waals surface area contributed by atoms with Gasteiger partial charge in [0.25, 0.3) is 0 Å². The number of carbonyl (C=O) groups excluding carboxylic acids is 2. The van der Waals surface area contributed by atoms with Crippen LogP contribution in [0.5, 0.6) is 17.2 Å². The number of nitrogens with two attached hydrogens (primary N) is 1. The number of rotatable bonds is 10. The SMILES string of the molecule is Br.CCOc1cc(F)c2c(c1)CN(CC(=O)c1cc(OCCCC(N)=O)c(O)c(C(C)(C)C)c1)C2=N. The van der Waals surface area contributed by atoms with Crippen LogP contribution < -0.4 is 15.2 Å². The molecule has 1 aliphatic rings. The molecule has 0 bridgehead atoms. The summed E-state index contributed by atoms with van der Waals surface area (Å²) in [5.74, 6) is -0.922. The maximum absolute atomic E-state index is 14.6. The first kappa shape index (κ1) is 29.1. The van der Waals surface area contributed by atoms with Crippen LogP contribution in [0, 0.1) is 11.2 Å². The lowest BCUT2D eigenvalue weighted by Gasteiger charge is -2.24. The van der Waals surface area contributed by atoms with Crippen molar-refractivity contribution in [2.75, 3.05) is 19.8 Å². The Morgan fingerprint density at radius 1 is 1.19 bits per heavy atom. The van der Waals surface area contributed by atoms with Crippen LogP contribution in [-0.2, 0) is 16.8 Å². The van der Waals surface area contributed by atoms with Crippen molar-refractivity contribution in [3.8, 4) is 17.2 Å². The van der Waals surface area contributed by atoms with Crippen molar-refractivity contribution in [1.82, 2.24) is 4.90 Å². The summed E-state index contributed by atoms with van der Waals surface area (Å²) in [5, 5.41) is 19.2. The van der Waals surface area contributed by atoms with Crippen molar-refractivity contribution >= 4 is 34.5 Å². The van der Waals surface area contributed by atoms with Crippen LogP contribution in [0.3, 0.4) is 0 Å². The highest BCUT2D eigenvalue weighted by atomic mass is 79.9. The lowest BCUT2D eigenvalue weighted by atomic mass is 9.84. The van der Waals surface area contributed by atoms with Crippen LogP contribution >= 0.6 is 17.0 Å². The van der Waals surface area contributed by atoms with Gasteiger partial charge in [-0.15, -0.1) is 17.0 Å². The van der Waals surface area contributed by atoms with E-state index in [-0.39, 0.29) is 71.8 Å². The summed E-state index contributed by atoms with van der Waals surface area (Å²) in [6.07, 6.45) is 0.515. The molecule has 0 fully saturated rings. The fourth-order valence-electron chi connectivity index (χ4n) is 4.00. The predicted octanol–water partition coefficient (Wildman–Crippen LogP) is 4.47. The highest BCUT2D eigenvalue weighted by molar-refractivity contribution is 8.93. The third-order valence-electron chi connectivity index (χ3n) is 5.74. The molecule has 0 aliphatic carbocycles. The van der Waals surface area contributed by atoms with E-state index in [0.717, 1.165) is 0 Å². The van der Waals surface area contributed by atoms with Gasteiger partial charge in [-0.05, 0) is 42.5 Å². The maximum atomic E-state index is 14.6. The molecule has 3 rings (SSSR count). The monoisotopic (exact) mass is 565 g/mol. The van der Waals surface area contributed by atoms with Gasteiger partial charge in [0.15, 0.2) is 17.3 Å². The van der Waals surface area contributed by atoms with Gasteiger partial charge in [-0.25, -0.2) is 4.39 Å². The zero-order valence-electron chi connectivity index (χ0n) is 20.9. The molecule has 4 N–H and O–H groups in total. The molecule has 0 aromatic heterocycles. The van der Waals surface area contributed by atoms with E-state index >= 15 is 0 Å². The number of ketones is 1. The number of phenols is 1. The number of primary amides is 1. The number of amidine groups is 1. The van der Waals surface area contributed by atoms with E-state index in [9.17, 15) is 19.1 Å². The Morgan fingerprint density at radius 2 is 1.89 bits per heavy atom. The molecule has 0 unspecified atom stereocenters.